The Hall–Kier alpha value is -3.65. The molecule has 0 fully saturated rings. The third-order valence-electron chi connectivity index (χ3n) is 4.99. The van der Waals surface area contributed by atoms with Gasteiger partial charge in [-0.3, -0.25) is 4.79 Å². The maximum absolute atomic E-state index is 14.4. The van der Waals surface area contributed by atoms with Gasteiger partial charge in [-0.25, -0.2) is 18.6 Å². The molecule has 0 saturated carbocycles. The molecule has 1 amide bonds. The van der Waals surface area contributed by atoms with Crippen molar-refractivity contribution in [2.75, 3.05) is 5.32 Å². The first-order chi connectivity index (χ1) is 15.3. The van der Waals surface area contributed by atoms with Crippen molar-refractivity contribution in [1.82, 2.24) is 4.98 Å². The third-order valence-corrected chi connectivity index (χ3v) is 5.49. The van der Waals surface area contributed by atoms with Gasteiger partial charge in [-0.2, -0.15) is 0 Å². The van der Waals surface area contributed by atoms with E-state index in [-0.39, 0.29) is 5.56 Å². The molecule has 0 aliphatic rings. The Bertz CT molecular complexity index is 1370. The molecule has 1 aromatic heterocycles. The number of aromatic carboxylic acids is 1. The van der Waals surface area contributed by atoms with Gasteiger partial charge in [0.05, 0.1) is 22.3 Å². The van der Waals surface area contributed by atoms with E-state index in [9.17, 15) is 18.4 Å². The van der Waals surface area contributed by atoms with E-state index >= 15 is 0 Å². The molecule has 3 aromatic carbocycles. The van der Waals surface area contributed by atoms with E-state index in [1.807, 2.05) is 30.3 Å². The van der Waals surface area contributed by atoms with Crippen LogP contribution in [0.3, 0.4) is 0 Å². The van der Waals surface area contributed by atoms with Gasteiger partial charge >= 0.3 is 5.97 Å². The lowest BCUT2D eigenvalue weighted by molar-refractivity contribution is 0.0695. The summed E-state index contributed by atoms with van der Waals surface area (Å²) in [5.74, 6) is -4.59. The maximum atomic E-state index is 14.4. The molecule has 0 aliphatic heterocycles. The first-order valence-corrected chi connectivity index (χ1v) is 10.2. The molecule has 2 N–H and O–H groups in total. The Morgan fingerprint density at radius 3 is 2.28 bits per heavy atom. The number of halogens is 3. The minimum Gasteiger partial charge on any atom is -0.478 e. The number of nitrogens with zero attached hydrogens (tertiary/aromatic N) is 1. The van der Waals surface area contributed by atoms with Crippen molar-refractivity contribution in [3.05, 3.63) is 93.5 Å². The van der Waals surface area contributed by atoms with Crippen molar-refractivity contribution in [2.24, 2.45) is 0 Å². The Kier molecular flexibility index (Phi) is 5.71. The largest absolute Gasteiger partial charge is 0.478 e. The van der Waals surface area contributed by atoms with E-state index in [1.165, 1.54) is 0 Å². The Morgan fingerprint density at radius 2 is 1.66 bits per heavy atom. The predicted molar refractivity (Wildman–Crippen MR) is 121 cm³/mol. The number of nitrogens with one attached hydrogen (secondary N) is 1. The van der Waals surface area contributed by atoms with E-state index < -0.39 is 34.8 Å². The van der Waals surface area contributed by atoms with Crippen LogP contribution in [-0.4, -0.2) is 22.0 Å². The number of carbonyl (C=O) groups is 2. The lowest BCUT2D eigenvalue weighted by atomic mass is 9.97. The maximum Gasteiger partial charge on any atom is 0.335 e. The average molecular weight is 497 g/mol. The molecular weight excluding hydrogens is 482 g/mol. The first-order valence-electron chi connectivity index (χ1n) is 9.45. The Balaban J connectivity index is 1.88. The van der Waals surface area contributed by atoms with Gasteiger partial charge < -0.3 is 10.4 Å². The summed E-state index contributed by atoms with van der Waals surface area (Å²) in [4.78, 5) is 29.0. The van der Waals surface area contributed by atoms with Gasteiger partial charge in [-0.1, -0.05) is 46.3 Å². The SMILES string of the molecule is Cc1c(-c2ccccc2)nc2ccc(Br)cc2c1C(=O)Nc1c(F)cc(C(=O)O)cc1F. The van der Waals surface area contributed by atoms with Crippen molar-refractivity contribution in [1.29, 1.82) is 0 Å². The summed E-state index contributed by atoms with van der Waals surface area (Å²) < 4.78 is 29.6. The molecule has 8 heteroatoms. The highest BCUT2D eigenvalue weighted by atomic mass is 79.9. The molecule has 1 heterocycles. The second-order valence-electron chi connectivity index (χ2n) is 7.06. The van der Waals surface area contributed by atoms with Gasteiger partial charge in [0.2, 0.25) is 0 Å². The first kappa shape index (κ1) is 21.6. The van der Waals surface area contributed by atoms with Crippen LogP contribution in [0.5, 0.6) is 0 Å². The van der Waals surface area contributed by atoms with E-state index in [0.29, 0.717) is 38.8 Å². The topological polar surface area (TPSA) is 79.3 Å². The van der Waals surface area contributed by atoms with Crippen LogP contribution < -0.4 is 5.32 Å². The van der Waals surface area contributed by atoms with Crippen molar-refractivity contribution in [3.8, 4) is 11.3 Å². The van der Waals surface area contributed by atoms with Crippen LogP contribution in [0.4, 0.5) is 14.5 Å². The zero-order chi connectivity index (χ0) is 23.0. The van der Waals surface area contributed by atoms with E-state index in [1.54, 1.807) is 25.1 Å². The predicted octanol–water partition coefficient (Wildman–Crippen LogP) is 6.20. The number of amides is 1. The van der Waals surface area contributed by atoms with Crippen molar-refractivity contribution in [3.63, 3.8) is 0 Å². The summed E-state index contributed by atoms with van der Waals surface area (Å²) in [6.45, 7) is 1.71. The fourth-order valence-corrected chi connectivity index (χ4v) is 3.85. The number of fused-ring (bicyclic) bond motifs is 1. The summed E-state index contributed by atoms with van der Waals surface area (Å²) in [7, 11) is 0. The highest BCUT2D eigenvalue weighted by Gasteiger charge is 2.22. The van der Waals surface area contributed by atoms with Crippen LogP contribution in [0, 0.1) is 18.6 Å². The van der Waals surface area contributed by atoms with Gasteiger partial charge in [0.1, 0.15) is 5.69 Å². The van der Waals surface area contributed by atoms with Gasteiger partial charge in [-0.05, 0) is 42.8 Å². The fourth-order valence-electron chi connectivity index (χ4n) is 3.49. The van der Waals surface area contributed by atoms with Crippen LogP contribution in [0.2, 0.25) is 0 Å². The lowest BCUT2D eigenvalue weighted by Gasteiger charge is -2.16. The van der Waals surface area contributed by atoms with Crippen LogP contribution in [-0.2, 0) is 0 Å². The summed E-state index contributed by atoms with van der Waals surface area (Å²) in [5.41, 5.74) is 1.34. The number of carboxylic acids is 1. The second-order valence-corrected chi connectivity index (χ2v) is 7.98. The lowest BCUT2D eigenvalue weighted by Crippen LogP contribution is -2.17. The average Bonchev–Trinajstić information content (AvgIpc) is 2.76. The number of anilines is 1. The number of benzene rings is 3. The van der Waals surface area contributed by atoms with Crippen molar-refractivity contribution >= 4 is 44.4 Å². The number of pyridine rings is 1. The minimum atomic E-state index is -1.48. The van der Waals surface area contributed by atoms with Gasteiger partial charge in [0.25, 0.3) is 5.91 Å². The smallest absolute Gasteiger partial charge is 0.335 e. The van der Waals surface area contributed by atoms with E-state index in [4.69, 9.17) is 5.11 Å². The molecule has 0 unspecified atom stereocenters. The van der Waals surface area contributed by atoms with E-state index in [0.717, 1.165) is 5.56 Å². The summed E-state index contributed by atoms with van der Waals surface area (Å²) in [6, 6.07) is 15.8. The Morgan fingerprint density at radius 1 is 1.00 bits per heavy atom. The molecule has 0 spiro atoms. The zero-order valence-electron chi connectivity index (χ0n) is 16.6. The summed E-state index contributed by atoms with van der Waals surface area (Å²) in [5, 5.41) is 11.7. The molecule has 0 atom stereocenters. The molecular formula is C24H15BrF2N2O3. The van der Waals surface area contributed by atoms with Crippen LogP contribution in [0.1, 0.15) is 26.3 Å². The van der Waals surface area contributed by atoms with E-state index in [2.05, 4.69) is 26.2 Å². The molecule has 160 valence electrons. The fraction of sp³-hybridized carbons (Fsp3) is 0.0417. The number of hydrogen-bond acceptors (Lipinski definition) is 3. The molecule has 4 rings (SSSR count). The van der Waals surface area contributed by atoms with Crippen molar-refractivity contribution in [2.45, 2.75) is 6.92 Å². The molecule has 4 aromatic rings. The number of carbonyl (C=O) groups excluding carboxylic acids is 1. The number of rotatable bonds is 4. The van der Waals surface area contributed by atoms with Gasteiger partial charge in [-0.15, -0.1) is 0 Å². The molecule has 0 radical (unpaired) electrons. The highest BCUT2D eigenvalue weighted by molar-refractivity contribution is 9.10. The van der Waals surface area contributed by atoms with Crippen LogP contribution >= 0.6 is 15.9 Å². The quantitative estimate of drug-likeness (QED) is 0.352. The van der Waals surface area contributed by atoms with Crippen LogP contribution in [0.25, 0.3) is 22.2 Å². The number of carboxylic acid groups (broad SMARTS) is 1. The molecule has 5 nitrogen and oxygen atoms in total. The standard InChI is InChI=1S/C24H15BrF2N2O3/c1-12-20(23(30)29-22-17(26)9-14(24(31)32)10-18(22)27)16-11-15(25)7-8-19(16)28-21(12)13-5-3-2-4-6-13/h2-11H,1H3,(H,29,30)(H,31,32). The third kappa shape index (κ3) is 3.97. The Labute approximate surface area is 189 Å². The van der Waals surface area contributed by atoms with Gasteiger partial charge in [0, 0.05) is 15.4 Å². The monoisotopic (exact) mass is 496 g/mol. The molecule has 0 saturated heterocycles. The molecule has 0 bridgehead atoms. The summed E-state index contributed by atoms with van der Waals surface area (Å²) in [6.07, 6.45) is 0. The second kappa shape index (κ2) is 8.47. The zero-order valence-corrected chi connectivity index (χ0v) is 18.2. The number of hydrogen-bond donors (Lipinski definition) is 2. The minimum absolute atomic E-state index is 0.205. The normalized spacial score (nSPS) is 10.9. The summed E-state index contributed by atoms with van der Waals surface area (Å²) >= 11 is 3.38. The van der Waals surface area contributed by atoms with Crippen molar-refractivity contribution < 1.29 is 23.5 Å². The number of aromatic nitrogens is 1. The molecule has 0 aliphatic carbocycles. The van der Waals surface area contributed by atoms with Gasteiger partial charge in [0.15, 0.2) is 11.6 Å². The molecule has 32 heavy (non-hydrogen) atoms. The van der Waals surface area contributed by atoms with Crippen LogP contribution in [0.15, 0.2) is 65.1 Å². The highest BCUT2D eigenvalue weighted by Crippen LogP contribution is 2.32.